The topological polar surface area (TPSA) is 130 Å². The average Bonchev–Trinajstić information content (AvgIpc) is 3.38. The van der Waals surface area contributed by atoms with Crippen molar-refractivity contribution in [3.05, 3.63) is 65.7 Å². The van der Waals surface area contributed by atoms with Crippen LogP contribution in [0.25, 0.3) is 22.0 Å². The van der Waals surface area contributed by atoms with E-state index in [0.29, 0.717) is 28.0 Å². The zero-order valence-corrected chi connectivity index (χ0v) is 22.2. The largest absolute Gasteiger partial charge is 0.481 e. The third-order valence-electron chi connectivity index (χ3n) is 6.55. The van der Waals surface area contributed by atoms with Gasteiger partial charge in [-0.1, -0.05) is 12.5 Å². The molecule has 5 rings (SSSR count). The second-order valence-corrected chi connectivity index (χ2v) is 11.8. The molecule has 1 amide bonds. The SMILES string of the molecule is COc1ncc(-c2cc(NC(=O)c3cccc(CN4CCCCC4)n3)c3cn[nH]c3c2)cc1CS(C)(=O)=O. The second kappa shape index (κ2) is 10.9. The lowest BCUT2D eigenvalue weighted by molar-refractivity contribution is 0.102. The van der Waals surface area contributed by atoms with Gasteiger partial charge in [-0.05, 0) is 61.8 Å². The van der Waals surface area contributed by atoms with Crippen LogP contribution < -0.4 is 10.1 Å². The van der Waals surface area contributed by atoms with E-state index in [9.17, 15) is 13.2 Å². The molecule has 198 valence electrons. The molecule has 1 fully saturated rings. The number of amides is 1. The third-order valence-corrected chi connectivity index (χ3v) is 7.39. The van der Waals surface area contributed by atoms with E-state index in [-0.39, 0.29) is 17.5 Å². The normalized spacial score (nSPS) is 14.5. The number of hydrogen-bond acceptors (Lipinski definition) is 8. The van der Waals surface area contributed by atoms with Crippen molar-refractivity contribution in [2.45, 2.75) is 31.6 Å². The Morgan fingerprint density at radius 3 is 2.68 bits per heavy atom. The van der Waals surface area contributed by atoms with Crippen molar-refractivity contribution in [1.82, 2.24) is 25.1 Å². The van der Waals surface area contributed by atoms with Crippen LogP contribution >= 0.6 is 0 Å². The Morgan fingerprint density at radius 1 is 1.11 bits per heavy atom. The molecule has 1 aliphatic heterocycles. The molecule has 1 saturated heterocycles. The zero-order chi connectivity index (χ0) is 26.7. The Kier molecular flexibility index (Phi) is 7.39. The number of aromatic amines is 1. The number of likely N-dealkylation sites (tertiary alicyclic amines) is 1. The summed E-state index contributed by atoms with van der Waals surface area (Å²) in [6.07, 6.45) is 8.07. The highest BCUT2D eigenvalue weighted by molar-refractivity contribution is 7.89. The molecule has 0 aliphatic carbocycles. The number of nitrogens with one attached hydrogen (secondary N) is 2. The lowest BCUT2D eigenvalue weighted by atomic mass is 10.0. The van der Waals surface area contributed by atoms with Crippen LogP contribution in [0.4, 0.5) is 5.69 Å². The Morgan fingerprint density at radius 2 is 1.92 bits per heavy atom. The van der Waals surface area contributed by atoms with Crippen LogP contribution in [-0.4, -0.2) is 65.8 Å². The minimum Gasteiger partial charge on any atom is -0.481 e. The summed E-state index contributed by atoms with van der Waals surface area (Å²) in [6, 6.07) is 10.9. The van der Waals surface area contributed by atoms with E-state index in [0.717, 1.165) is 36.3 Å². The van der Waals surface area contributed by atoms with Gasteiger partial charge >= 0.3 is 0 Å². The van der Waals surface area contributed by atoms with Gasteiger partial charge in [0.15, 0.2) is 9.84 Å². The van der Waals surface area contributed by atoms with E-state index in [1.165, 1.54) is 32.6 Å². The first-order chi connectivity index (χ1) is 18.3. The van der Waals surface area contributed by atoms with Crippen LogP contribution in [-0.2, 0) is 22.1 Å². The van der Waals surface area contributed by atoms with Crippen molar-refractivity contribution in [2.75, 3.05) is 31.8 Å². The number of methoxy groups -OCH3 is 1. The maximum absolute atomic E-state index is 13.3. The van der Waals surface area contributed by atoms with Gasteiger partial charge in [0.2, 0.25) is 5.88 Å². The Hall–Kier alpha value is -3.83. The van der Waals surface area contributed by atoms with E-state index < -0.39 is 9.84 Å². The number of H-pyrrole nitrogens is 1. The van der Waals surface area contributed by atoms with E-state index in [2.05, 4.69) is 30.4 Å². The number of nitrogens with zero attached hydrogens (tertiary/aromatic N) is 4. The van der Waals surface area contributed by atoms with Crippen molar-refractivity contribution >= 4 is 32.3 Å². The molecule has 4 heterocycles. The first kappa shape index (κ1) is 25.8. The number of sulfone groups is 1. The molecule has 0 saturated carbocycles. The third kappa shape index (κ3) is 6.00. The summed E-state index contributed by atoms with van der Waals surface area (Å²) in [5, 5.41) is 10.8. The smallest absolute Gasteiger partial charge is 0.274 e. The minimum absolute atomic E-state index is 0.202. The number of ether oxygens (including phenoxy) is 1. The van der Waals surface area contributed by atoms with Crippen LogP contribution in [0.15, 0.2) is 48.8 Å². The maximum Gasteiger partial charge on any atom is 0.274 e. The Labute approximate surface area is 221 Å². The van der Waals surface area contributed by atoms with Gasteiger partial charge in [-0.2, -0.15) is 5.10 Å². The molecule has 3 aromatic heterocycles. The summed E-state index contributed by atoms with van der Waals surface area (Å²) in [4.78, 5) is 24.5. The van der Waals surface area contributed by atoms with E-state index in [1.54, 1.807) is 24.5 Å². The molecule has 0 atom stereocenters. The number of benzene rings is 1. The monoisotopic (exact) mass is 534 g/mol. The van der Waals surface area contributed by atoms with Crippen LogP contribution in [0.2, 0.25) is 0 Å². The lowest BCUT2D eigenvalue weighted by Gasteiger charge is -2.26. The molecular weight excluding hydrogens is 504 g/mol. The molecule has 38 heavy (non-hydrogen) atoms. The highest BCUT2D eigenvalue weighted by Gasteiger charge is 2.17. The van der Waals surface area contributed by atoms with Crippen LogP contribution in [0.3, 0.4) is 0 Å². The van der Waals surface area contributed by atoms with Crippen LogP contribution in [0.5, 0.6) is 5.88 Å². The summed E-state index contributed by atoms with van der Waals surface area (Å²) >= 11 is 0. The summed E-state index contributed by atoms with van der Waals surface area (Å²) in [5.74, 6) is -0.270. The van der Waals surface area contributed by atoms with Gasteiger partial charge in [0.25, 0.3) is 5.91 Å². The number of hydrogen-bond donors (Lipinski definition) is 2. The highest BCUT2D eigenvalue weighted by atomic mass is 32.2. The standard InChI is InChI=1S/C27H30N6O4S/c1-37-27-20(17-38(2,35)36)11-19(14-28-27)18-12-24(22-15-29-32-25(22)13-18)31-26(34)23-8-6-7-21(30-23)16-33-9-4-3-5-10-33/h6-8,11-15H,3-5,9-10,16-17H2,1-2H3,(H,29,32)(H,31,34). The molecule has 1 aliphatic rings. The highest BCUT2D eigenvalue weighted by Crippen LogP contribution is 2.32. The number of piperidine rings is 1. The number of rotatable bonds is 8. The molecule has 0 unspecified atom stereocenters. The van der Waals surface area contributed by atoms with Gasteiger partial charge in [-0.15, -0.1) is 0 Å². The van der Waals surface area contributed by atoms with Gasteiger partial charge in [0.1, 0.15) is 5.69 Å². The Bertz CT molecular complexity index is 1580. The van der Waals surface area contributed by atoms with Crippen LogP contribution in [0, 0.1) is 0 Å². The summed E-state index contributed by atoms with van der Waals surface area (Å²) < 4.78 is 29.2. The van der Waals surface area contributed by atoms with E-state index in [4.69, 9.17) is 4.74 Å². The fraction of sp³-hybridized carbons (Fsp3) is 0.333. The number of fused-ring (bicyclic) bond motifs is 1. The fourth-order valence-electron chi connectivity index (χ4n) is 4.77. The molecule has 1 aromatic carbocycles. The van der Waals surface area contributed by atoms with Crippen molar-refractivity contribution in [3.8, 4) is 17.0 Å². The van der Waals surface area contributed by atoms with Gasteiger partial charge in [0, 0.05) is 35.5 Å². The molecule has 4 aromatic rings. The fourth-order valence-corrected chi connectivity index (χ4v) is 5.55. The summed E-state index contributed by atoms with van der Waals surface area (Å²) in [7, 11) is -1.85. The number of pyridine rings is 2. The molecular formula is C27H30N6O4S. The lowest BCUT2D eigenvalue weighted by Crippen LogP contribution is -2.29. The molecule has 11 heteroatoms. The maximum atomic E-state index is 13.3. The quantitative estimate of drug-likeness (QED) is 0.349. The van der Waals surface area contributed by atoms with Crippen molar-refractivity contribution in [3.63, 3.8) is 0 Å². The number of carbonyl (C=O) groups excluding carboxylic acids is 1. The Balaban J connectivity index is 1.44. The van der Waals surface area contributed by atoms with E-state index in [1.807, 2.05) is 24.3 Å². The first-order valence-corrected chi connectivity index (χ1v) is 14.5. The predicted molar refractivity (Wildman–Crippen MR) is 146 cm³/mol. The number of aromatic nitrogens is 4. The minimum atomic E-state index is -3.31. The second-order valence-electron chi connectivity index (χ2n) is 9.62. The van der Waals surface area contributed by atoms with Crippen molar-refractivity contribution in [2.24, 2.45) is 0 Å². The first-order valence-electron chi connectivity index (χ1n) is 12.5. The van der Waals surface area contributed by atoms with Crippen molar-refractivity contribution in [1.29, 1.82) is 0 Å². The van der Waals surface area contributed by atoms with Gasteiger partial charge < -0.3 is 10.1 Å². The van der Waals surface area contributed by atoms with Crippen molar-refractivity contribution < 1.29 is 17.9 Å². The molecule has 10 nitrogen and oxygen atoms in total. The number of carbonyl (C=O) groups is 1. The van der Waals surface area contributed by atoms with Gasteiger partial charge in [-0.3, -0.25) is 14.8 Å². The molecule has 0 spiro atoms. The van der Waals surface area contributed by atoms with E-state index >= 15 is 0 Å². The predicted octanol–water partition coefficient (Wildman–Crippen LogP) is 3.81. The zero-order valence-electron chi connectivity index (χ0n) is 21.4. The summed E-state index contributed by atoms with van der Waals surface area (Å²) in [5.41, 5.74) is 4.34. The molecule has 2 N–H and O–H groups in total. The number of anilines is 1. The molecule has 0 bridgehead atoms. The van der Waals surface area contributed by atoms with Gasteiger partial charge in [0.05, 0.1) is 36.0 Å². The average molecular weight is 535 g/mol. The van der Waals surface area contributed by atoms with Crippen LogP contribution in [0.1, 0.15) is 41.0 Å². The summed E-state index contributed by atoms with van der Waals surface area (Å²) in [6.45, 7) is 2.83. The van der Waals surface area contributed by atoms with Gasteiger partial charge in [-0.25, -0.2) is 18.4 Å². The molecule has 0 radical (unpaired) electrons.